The first kappa shape index (κ1) is 18.0. The molecule has 1 unspecified atom stereocenters. The van der Waals surface area contributed by atoms with Crippen molar-refractivity contribution in [2.75, 3.05) is 38.2 Å². The van der Waals surface area contributed by atoms with E-state index in [2.05, 4.69) is 29.0 Å². The van der Waals surface area contributed by atoms with Crippen LogP contribution in [0.3, 0.4) is 0 Å². The second kappa shape index (κ2) is 9.07. The fourth-order valence-corrected chi connectivity index (χ4v) is 3.31. The zero-order valence-corrected chi connectivity index (χ0v) is 14.6. The average molecular weight is 337 g/mol. The van der Waals surface area contributed by atoms with E-state index in [1.54, 1.807) is 6.07 Å². The van der Waals surface area contributed by atoms with Crippen LogP contribution in [0.5, 0.6) is 0 Å². The summed E-state index contributed by atoms with van der Waals surface area (Å²) in [6.07, 6.45) is 2.30. The first-order valence-corrected chi connectivity index (χ1v) is 8.69. The Morgan fingerprint density at radius 3 is 2.65 bits per heavy atom. The molecular weight excluding hydrogens is 312 g/mol. The number of rotatable bonds is 7. The lowest BCUT2D eigenvalue weighted by Crippen LogP contribution is -2.50. The second-order valence-corrected chi connectivity index (χ2v) is 6.22. The van der Waals surface area contributed by atoms with Gasteiger partial charge in [0.25, 0.3) is 0 Å². The fourth-order valence-electron chi connectivity index (χ4n) is 3.16. The summed E-state index contributed by atoms with van der Waals surface area (Å²) < 4.78 is 5.48. The maximum absolute atomic E-state index is 9.04. The van der Waals surface area contributed by atoms with E-state index in [-0.39, 0.29) is 5.69 Å². The highest BCUT2D eigenvalue weighted by molar-refractivity contribution is 6.31. The van der Waals surface area contributed by atoms with Gasteiger partial charge in [0.15, 0.2) is 5.69 Å². The van der Waals surface area contributed by atoms with Gasteiger partial charge >= 0.3 is 0 Å². The number of morpholine rings is 1. The van der Waals surface area contributed by atoms with Crippen LogP contribution in [0.15, 0.2) is 12.1 Å². The van der Waals surface area contributed by atoms with Crippen LogP contribution in [0, 0.1) is 17.2 Å². The zero-order chi connectivity index (χ0) is 16.7. The predicted molar refractivity (Wildman–Crippen MR) is 92.7 cm³/mol. The van der Waals surface area contributed by atoms with E-state index in [0.29, 0.717) is 22.8 Å². The summed E-state index contributed by atoms with van der Waals surface area (Å²) in [6, 6.07) is 6.01. The third-order valence-corrected chi connectivity index (χ3v) is 4.86. The molecule has 1 N–H and O–H groups in total. The van der Waals surface area contributed by atoms with Gasteiger partial charge in [-0.2, -0.15) is 5.26 Å². The van der Waals surface area contributed by atoms with Crippen LogP contribution < -0.4 is 5.32 Å². The van der Waals surface area contributed by atoms with Crippen LogP contribution in [-0.4, -0.2) is 48.8 Å². The minimum atomic E-state index is 0.266. The maximum atomic E-state index is 9.04. The van der Waals surface area contributed by atoms with Crippen molar-refractivity contribution in [1.82, 2.24) is 9.88 Å². The quantitative estimate of drug-likeness (QED) is 0.828. The largest absolute Gasteiger partial charge is 0.379 e. The lowest BCUT2D eigenvalue weighted by atomic mass is 9.92. The number of ether oxygens (including phenoxy) is 1. The van der Waals surface area contributed by atoms with Crippen LogP contribution in [0.1, 0.15) is 32.4 Å². The molecule has 6 heteroatoms. The molecule has 23 heavy (non-hydrogen) atoms. The summed E-state index contributed by atoms with van der Waals surface area (Å²) in [6.45, 7) is 8.85. The topological polar surface area (TPSA) is 61.2 Å². The number of nitrogens with one attached hydrogen (secondary N) is 1. The molecule has 1 fully saturated rings. The fraction of sp³-hybridized carbons (Fsp3) is 0.647. The lowest BCUT2D eigenvalue weighted by molar-refractivity contribution is 0.00487. The molecule has 1 aromatic heterocycles. The third-order valence-electron chi connectivity index (χ3n) is 4.55. The van der Waals surface area contributed by atoms with Gasteiger partial charge in [-0.15, -0.1) is 0 Å². The van der Waals surface area contributed by atoms with Crippen molar-refractivity contribution in [3.05, 3.63) is 22.8 Å². The number of hydrogen-bond donors (Lipinski definition) is 1. The first-order chi connectivity index (χ1) is 11.2. The van der Waals surface area contributed by atoms with Gasteiger partial charge in [-0.05, 0) is 18.1 Å². The number of anilines is 1. The molecule has 1 aliphatic rings. The molecule has 1 aliphatic heterocycles. The molecule has 0 aliphatic carbocycles. The average Bonchev–Trinajstić information content (AvgIpc) is 2.60. The molecule has 2 rings (SSSR count). The zero-order valence-electron chi connectivity index (χ0n) is 13.9. The van der Waals surface area contributed by atoms with E-state index in [4.69, 9.17) is 21.6 Å². The van der Waals surface area contributed by atoms with Crippen molar-refractivity contribution in [2.24, 2.45) is 5.92 Å². The van der Waals surface area contributed by atoms with Crippen LogP contribution in [0.4, 0.5) is 5.82 Å². The van der Waals surface area contributed by atoms with Gasteiger partial charge in [-0.25, -0.2) is 4.98 Å². The van der Waals surface area contributed by atoms with Gasteiger partial charge in [0.05, 0.1) is 18.2 Å². The molecule has 1 saturated heterocycles. The maximum Gasteiger partial charge on any atom is 0.161 e. The number of pyridine rings is 1. The molecule has 1 aromatic rings. The smallest absolute Gasteiger partial charge is 0.161 e. The van der Waals surface area contributed by atoms with E-state index in [1.165, 1.54) is 0 Å². The third kappa shape index (κ3) is 4.81. The van der Waals surface area contributed by atoms with Crippen molar-refractivity contribution in [3.8, 4) is 6.07 Å². The molecule has 2 heterocycles. The van der Waals surface area contributed by atoms with Crippen LogP contribution in [-0.2, 0) is 4.74 Å². The lowest BCUT2D eigenvalue weighted by Gasteiger charge is -2.39. The van der Waals surface area contributed by atoms with Gasteiger partial charge < -0.3 is 10.1 Å². The molecule has 0 spiro atoms. The van der Waals surface area contributed by atoms with Crippen molar-refractivity contribution in [1.29, 1.82) is 5.26 Å². The summed E-state index contributed by atoms with van der Waals surface area (Å²) >= 11 is 5.94. The molecule has 0 bridgehead atoms. The van der Waals surface area contributed by atoms with Gasteiger partial charge in [0.1, 0.15) is 11.9 Å². The SMILES string of the molecule is CCC(CC)C(CNc1ccc(Cl)c(C#N)n1)N1CCOCC1. The van der Waals surface area contributed by atoms with Gasteiger partial charge in [0.2, 0.25) is 0 Å². The standard InChI is InChI=1S/C17H25ClN4O/c1-3-13(4-2)16(22-7-9-23-10-8-22)12-20-17-6-5-14(18)15(11-19)21-17/h5-6,13,16H,3-4,7-10,12H2,1-2H3,(H,20,21). The van der Waals surface area contributed by atoms with Gasteiger partial charge in [-0.1, -0.05) is 38.3 Å². The van der Waals surface area contributed by atoms with E-state index in [9.17, 15) is 0 Å². The number of hydrogen-bond acceptors (Lipinski definition) is 5. The Hall–Kier alpha value is -1.35. The minimum absolute atomic E-state index is 0.266. The Labute approximate surface area is 143 Å². The van der Waals surface area contributed by atoms with Crippen molar-refractivity contribution < 1.29 is 4.74 Å². The molecule has 0 aromatic carbocycles. The van der Waals surface area contributed by atoms with E-state index in [0.717, 1.165) is 45.7 Å². The molecular formula is C17H25ClN4O. The Balaban J connectivity index is 2.06. The van der Waals surface area contributed by atoms with E-state index < -0.39 is 0 Å². The van der Waals surface area contributed by atoms with Crippen LogP contribution >= 0.6 is 11.6 Å². The molecule has 5 nitrogen and oxygen atoms in total. The van der Waals surface area contributed by atoms with E-state index in [1.807, 2.05) is 12.1 Å². The summed E-state index contributed by atoms with van der Waals surface area (Å²) in [5.41, 5.74) is 0.266. The summed E-state index contributed by atoms with van der Waals surface area (Å²) in [7, 11) is 0. The first-order valence-electron chi connectivity index (χ1n) is 8.31. The number of nitriles is 1. The van der Waals surface area contributed by atoms with Crippen molar-refractivity contribution in [3.63, 3.8) is 0 Å². The van der Waals surface area contributed by atoms with Crippen molar-refractivity contribution >= 4 is 17.4 Å². The van der Waals surface area contributed by atoms with Crippen molar-refractivity contribution in [2.45, 2.75) is 32.7 Å². The number of aromatic nitrogens is 1. The summed E-state index contributed by atoms with van der Waals surface area (Å²) in [4.78, 5) is 6.78. The highest BCUT2D eigenvalue weighted by Gasteiger charge is 2.26. The normalized spacial score (nSPS) is 17.0. The number of halogens is 1. The summed E-state index contributed by atoms with van der Waals surface area (Å²) in [5, 5.41) is 12.8. The molecule has 1 atom stereocenters. The Bertz CT molecular complexity index is 536. The van der Waals surface area contributed by atoms with Crippen LogP contribution in [0.25, 0.3) is 0 Å². The van der Waals surface area contributed by atoms with Gasteiger partial charge in [-0.3, -0.25) is 4.90 Å². The van der Waals surface area contributed by atoms with Crippen LogP contribution in [0.2, 0.25) is 5.02 Å². The highest BCUT2D eigenvalue weighted by atomic mass is 35.5. The molecule has 0 radical (unpaired) electrons. The minimum Gasteiger partial charge on any atom is -0.379 e. The Morgan fingerprint density at radius 1 is 1.35 bits per heavy atom. The molecule has 0 amide bonds. The van der Waals surface area contributed by atoms with E-state index >= 15 is 0 Å². The Morgan fingerprint density at radius 2 is 2.04 bits per heavy atom. The molecule has 0 saturated carbocycles. The summed E-state index contributed by atoms with van der Waals surface area (Å²) in [5.74, 6) is 1.33. The highest BCUT2D eigenvalue weighted by Crippen LogP contribution is 2.21. The Kier molecular flexibility index (Phi) is 7.10. The second-order valence-electron chi connectivity index (χ2n) is 5.81. The number of nitrogens with zero attached hydrogens (tertiary/aromatic N) is 3. The predicted octanol–water partition coefficient (Wildman–Crippen LogP) is 3.16. The van der Waals surface area contributed by atoms with Gasteiger partial charge in [0, 0.05) is 25.7 Å². The monoisotopic (exact) mass is 336 g/mol. The molecule has 126 valence electrons.